The molecule has 26 heavy (non-hydrogen) atoms. The van der Waals surface area contributed by atoms with Crippen molar-refractivity contribution in [2.75, 3.05) is 0 Å². The van der Waals surface area contributed by atoms with E-state index in [1.165, 1.54) is 18.2 Å². The number of imide groups is 2. The SMILES string of the molecule is O=C(ON1C(=O)C=CC1=O)c1cccc(C(=O)ON2C(=O)C=CC2=O)c1. The predicted molar refractivity (Wildman–Crippen MR) is 79.3 cm³/mol. The van der Waals surface area contributed by atoms with Gasteiger partial charge in [0, 0.05) is 24.3 Å². The Bertz CT molecular complexity index is 823. The number of carbonyl (C=O) groups excluding carboxylic acids is 6. The molecule has 0 aliphatic carbocycles. The number of rotatable bonds is 4. The molecule has 4 amide bonds. The van der Waals surface area contributed by atoms with Crippen molar-refractivity contribution in [3.05, 3.63) is 59.7 Å². The molecule has 1 aromatic rings. The molecule has 0 unspecified atom stereocenters. The molecule has 0 bridgehead atoms. The molecular formula is C16H8N2O8. The number of nitrogens with zero attached hydrogens (tertiary/aromatic N) is 2. The molecule has 3 rings (SSSR count). The second kappa shape index (κ2) is 6.43. The molecule has 130 valence electrons. The summed E-state index contributed by atoms with van der Waals surface area (Å²) in [4.78, 5) is 78.9. The fraction of sp³-hybridized carbons (Fsp3) is 0. The highest BCUT2D eigenvalue weighted by Gasteiger charge is 2.30. The molecule has 0 fully saturated rings. The van der Waals surface area contributed by atoms with Gasteiger partial charge in [0.2, 0.25) is 0 Å². The van der Waals surface area contributed by atoms with Crippen LogP contribution in [-0.4, -0.2) is 45.7 Å². The topological polar surface area (TPSA) is 127 Å². The number of carbonyl (C=O) groups is 6. The summed E-state index contributed by atoms with van der Waals surface area (Å²) in [7, 11) is 0. The van der Waals surface area contributed by atoms with Crippen molar-refractivity contribution >= 4 is 35.6 Å². The van der Waals surface area contributed by atoms with Gasteiger partial charge in [-0.25, -0.2) is 9.59 Å². The maximum Gasteiger partial charge on any atom is 0.363 e. The van der Waals surface area contributed by atoms with Crippen molar-refractivity contribution < 1.29 is 38.4 Å². The van der Waals surface area contributed by atoms with Crippen molar-refractivity contribution in [3.8, 4) is 0 Å². The summed E-state index contributed by atoms with van der Waals surface area (Å²) in [6.45, 7) is 0. The number of hydrogen-bond donors (Lipinski definition) is 0. The minimum absolute atomic E-state index is 0.163. The molecule has 0 aromatic heterocycles. The van der Waals surface area contributed by atoms with Crippen LogP contribution in [0.5, 0.6) is 0 Å². The van der Waals surface area contributed by atoms with Gasteiger partial charge in [-0.1, -0.05) is 16.2 Å². The van der Waals surface area contributed by atoms with E-state index >= 15 is 0 Å². The van der Waals surface area contributed by atoms with E-state index in [4.69, 9.17) is 0 Å². The minimum Gasteiger partial charge on any atom is -0.324 e. The van der Waals surface area contributed by atoms with E-state index in [0.717, 1.165) is 30.4 Å². The van der Waals surface area contributed by atoms with Crippen molar-refractivity contribution in [1.82, 2.24) is 10.1 Å². The largest absolute Gasteiger partial charge is 0.363 e. The van der Waals surface area contributed by atoms with Crippen LogP contribution >= 0.6 is 0 Å². The fourth-order valence-electron chi connectivity index (χ4n) is 2.00. The highest BCUT2D eigenvalue weighted by atomic mass is 16.7. The van der Waals surface area contributed by atoms with Crippen molar-refractivity contribution in [3.63, 3.8) is 0 Å². The maximum absolute atomic E-state index is 12.0. The Balaban J connectivity index is 1.71. The van der Waals surface area contributed by atoms with Gasteiger partial charge in [0.05, 0.1) is 11.1 Å². The summed E-state index contributed by atoms with van der Waals surface area (Å²) in [6, 6.07) is 4.91. The summed E-state index contributed by atoms with van der Waals surface area (Å²) in [5, 5.41) is 0.529. The first-order valence-electron chi connectivity index (χ1n) is 7.04. The molecule has 2 aliphatic heterocycles. The Hall–Kier alpha value is -4.08. The molecule has 10 nitrogen and oxygen atoms in total. The number of amides is 4. The van der Waals surface area contributed by atoms with Gasteiger partial charge >= 0.3 is 11.9 Å². The smallest absolute Gasteiger partial charge is 0.324 e. The van der Waals surface area contributed by atoms with Crippen LogP contribution in [0.1, 0.15) is 20.7 Å². The Morgan fingerprint density at radius 1 is 0.654 bits per heavy atom. The van der Waals surface area contributed by atoms with E-state index in [9.17, 15) is 28.8 Å². The lowest BCUT2D eigenvalue weighted by molar-refractivity contribution is -0.171. The van der Waals surface area contributed by atoms with Gasteiger partial charge in [-0.05, 0) is 18.2 Å². The molecule has 1 aromatic carbocycles. The zero-order valence-electron chi connectivity index (χ0n) is 12.8. The first kappa shape index (κ1) is 16.8. The Kier molecular flexibility index (Phi) is 4.15. The first-order valence-corrected chi connectivity index (χ1v) is 7.04. The van der Waals surface area contributed by atoms with Crippen LogP contribution in [0.4, 0.5) is 0 Å². The van der Waals surface area contributed by atoms with Gasteiger partial charge in [0.15, 0.2) is 0 Å². The molecule has 0 saturated heterocycles. The Morgan fingerprint density at radius 2 is 1.00 bits per heavy atom. The van der Waals surface area contributed by atoms with Gasteiger partial charge < -0.3 is 9.68 Å². The molecule has 0 atom stereocenters. The van der Waals surface area contributed by atoms with E-state index < -0.39 is 35.6 Å². The van der Waals surface area contributed by atoms with Gasteiger partial charge in [-0.2, -0.15) is 0 Å². The average molecular weight is 356 g/mol. The minimum atomic E-state index is -1.07. The lowest BCUT2D eigenvalue weighted by Gasteiger charge is -2.14. The van der Waals surface area contributed by atoms with E-state index in [1.54, 1.807) is 0 Å². The van der Waals surface area contributed by atoms with E-state index in [-0.39, 0.29) is 21.3 Å². The summed E-state index contributed by atoms with van der Waals surface area (Å²) in [5.74, 6) is -5.43. The van der Waals surface area contributed by atoms with E-state index in [0.29, 0.717) is 0 Å². The number of hydrogen-bond acceptors (Lipinski definition) is 8. The zero-order chi connectivity index (χ0) is 18.8. The van der Waals surface area contributed by atoms with Crippen molar-refractivity contribution in [2.24, 2.45) is 0 Å². The summed E-state index contributed by atoms with van der Waals surface area (Å²) < 4.78 is 0. The average Bonchev–Trinajstić information content (AvgIpc) is 3.11. The van der Waals surface area contributed by atoms with Crippen LogP contribution in [0, 0.1) is 0 Å². The van der Waals surface area contributed by atoms with Gasteiger partial charge in [-0.15, -0.1) is 0 Å². The molecule has 0 N–H and O–H groups in total. The molecule has 2 aliphatic rings. The summed E-state index contributed by atoms with van der Waals surface area (Å²) in [6.07, 6.45) is 3.73. The van der Waals surface area contributed by atoms with E-state index in [2.05, 4.69) is 9.68 Å². The Labute approximate surface area is 144 Å². The lowest BCUT2D eigenvalue weighted by atomic mass is 10.1. The quantitative estimate of drug-likeness (QED) is 0.672. The fourth-order valence-corrected chi connectivity index (χ4v) is 2.00. The summed E-state index contributed by atoms with van der Waals surface area (Å²) in [5.41, 5.74) is -0.326. The first-order chi connectivity index (χ1) is 12.4. The molecule has 0 radical (unpaired) electrons. The molecular weight excluding hydrogens is 348 g/mol. The molecule has 0 spiro atoms. The van der Waals surface area contributed by atoms with Gasteiger partial charge in [0.25, 0.3) is 23.6 Å². The van der Waals surface area contributed by atoms with Crippen molar-refractivity contribution in [1.29, 1.82) is 0 Å². The van der Waals surface area contributed by atoms with Gasteiger partial charge in [-0.3, -0.25) is 19.2 Å². The zero-order valence-corrected chi connectivity index (χ0v) is 12.8. The molecule has 10 heteroatoms. The standard InChI is InChI=1S/C16H8N2O8/c19-11-4-5-12(20)17(11)25-15(23)9-2-1-3-10(8-9)16(24)26-18-13(21)6-7-14(18)22/h1-8H. The molecule has 0 saturated carbocycles. The number of benzene rings is 1. The normalized spacial score (nSPS) is 15.8. The highest BCUT2D eigenvalue weighted by Crippen LogP contribution is 2.13. The predicted octanol–water partition coefficient (Wildman–Crippen LogP) is -0.320. The van der Waals surface area contributed by atoms with Crippen LogP contribution in [0.2, 0.25) is 0 Å². The van der Waals surface area contributed by atoms with Gasteiger partial charge in [0.1, 0.15) is 0 Å². The highest BCUT2D eigenvalue weighted by molar-refractivity contribution is 6.13. The summed E-state index contributed by atoms with van der Waals surface area (Å²) >= 11 is 0. The van der Waals surface area contributed by atoms with Crippen LogP contribution in [0.15, 0.2) is 48.6 Å². The third-order valence-corrected chi connectivity index (χ3v) is 3.22. The van der Waals surface area contributed by atoms with Crippen LogP contribution < -0.4 is 0 Å². The third kappa shape index (κ3) is 3.11. The lowest BCUT2D eigenvalue weighted by Crippen LogP contribution is -2.33. The third-order valence-electron chi connectivity index (χ3n) is 3.22. The second-order valence-electron chi connectivity index (χ2n) is 4.95. The van der Waals surface area contributed by atoms with Crippen LogP contribution in [0.3, 0.4) is 0 Å². The van der Waals surface area contributed by atoms with Crippen LogP contribution in [-0.2, 0) is 28.9 Å². The van der Waals surface area contributed by atoms with Crippen LogP contribution in [0.25, 0.3) is 0 Å². The number of hydroxylamine groups is 4. The monoisotopic (exact) mass is 356 g/mol. The van der Waals surface area contributed by atoms with E-state index in [1.807, 2.05) is 0 Å². The maximum atomic E-state index is 12.0. The second-order valence-corrected chi connectivity index (χ2v) is 4.95. The molecule has 2 heterocycles. The van der Waals surface area contributed by atoms with Crippen molar-refractivity contribution in [2.45, 2.75) is 0 Å². The Morgan fingerprint density at radius 3 is 1.35 bits per heavy atom.